The van der Waals surface area contributed by atoms with Gasteiger partial charge in [-0.1, -0.05) is 20.8 Å². The Kier molecular flexibility index (Phi) is 4.92. The van der Waals surface area contributed by atoms with Crippen LogP contribution in [-0.2, 0) is 18.6 Å². The van der Waals surface area contributed by atoms with Crippen molar-refractivity contribution in [3.8, 4) is 17.3 Å². The van der Waals surface area contributed by atoms with Crippen LogP contribution in [0.4, 0.5) is 8.78 Å². The molecule has 0 unspecified atom stereocenters. The number of halogens is 2. The van der Waals surface area contributed by atoms with Gasteiger partial charge in [-0.05, 0) is 36.6 Å². The van der Waals surface area contributed by atoms with Crippen LogP contribution in [0.5, 0.6) is 5.88 Å². The smallest absolute Gasteiger partial charge is 0.236 e. The molecule has 0 saturated carbocycles. The topological polar surface area (TPSA) is 83.0 Å². The lowest BCUT2D eigenvalue weighted by Gasteiger charge is -2.21. The highest BCUT2D eigenvalue weighted by molar-refractivity contribution is 5.60. The number of rotatable bonds is 5. The maximum Gasteiger partial charge on any atom is 0.236 e. The lowest BCUT2D eigenvalue weighted by molar-refractivity contribution is 0.264. The molecule has 156 valence electrons. The van der Waals surface area contributed by atoms with Gasteiger partial charge in [0.15, 0.2) is 17.3 Å². The summed E-state index contributed by atoms with van der Waals surface area (Å²) in [6, 6.07) is 4.95. The molecule has 10 heteroatoms. The number of aromatic nitrogens is 7. The minimum atomic E-state index is -0.620. The number of hydrogen-bond donors (Lipinski definition) is 0. The second-order valence-corrected chi connectivity index (χ2v) is 7.81. The van der Waals surface area contributed by atoms with Crippen molar-refractivity contribution < 1.29 is 13.5 Å². The molecule has 0 aliphatic heterocycles. The van der Waals surface area contributed by atoms with Crippen molar-refractivity contribution in [2.75, 3.05) is 0 Å². The SMILES string of the molecule is CCn1ncnc1COc1nn2c(-c3cc(F)ccc3F)nnc2cc1C(C)(C)C. The highest BCUT2D eigenvalue weighted by Gasteiger charge is 2.25. The fourth-order valence-electron chi connectivity index (χ4n) is 3.09. The summed E-state index contributed by atoms with van der Waals surface area (Å²) in [6.07, 6.45) is 1.47. The molecule has 0 aliphatic carbocycles. The quantitative estimate of drug-likeness (QED) is 0.498. The summed E-state index contributed by atoms with van der Waals surface area (Å²) in [5, 5.41) is 16.8. The van der Waals surface area contributed by atoms with Crippen molar-refractivity contribution in [2.24, 2.45) is 0 Å². The zero-order valence-electron chi connectivity index (χ0n) is 17.1. The molecular weight excluding hydrogens is 392 g/mol. The molecule has 3 aromatic heterocycles. The van der Waals surface area contributed by atoms with Crippen molar-refractivity contribution in [3.05, 3.63) is 53.6 Å². The van der Waals surface area contributed by atoms with Gasteiger partial charge in [0.1, 0.15) is 24.6 Å². The Balaban J connectivity index is 1.82. The highest BCUT2D eigenvalue weighted by atomic mass is 19.1. The van der Waals surface area contributed by atoms with Crippen LogP contribution < -0.4 is 4.74 Å². The van der Waals surface area contributed by atoms with Gasteiger partial charge in [0.05, 0.1) is 5.56 Å². The predicted molar refractivity (Wildman–Crippen MR) is 105 cm³/mol. The van der Waals surface area contributed by atoms with Gasteiger partial charge in [-0.25, -0.2) is 18.4 Å². The lowest BCUT2D eigenvalue weighted by atomic mass is 9.88. The van der Waals surface area contributed by atoms with E-state index in [1.807, 2.05) is 27.7 Å². The summed E-state index contributed by atoms with van der Waals surface area (Å²) in [5.41, 5.74) is 0.868. The third kappa shape index (κ3) is 3.60. The van der Waals surface area contributed by atoms with E-state index in [9.17, 15) is 8.78 Å². The fourth-order valence-corrected chi connectivity index (χ4v) is 3.09. The molecular formula is C20H21F2N7O. The summed E-state index contributed by atoms with van der Waals surface area (Å²) in [4.78, 5) is 4.21. The number of hydrogen-bond acceptors (Lipinski definition) is 6. The number of nitrogens with zero attached hydrogens (tertiary/aromatic N) is 7. The summed E-state index contributed by atoms with van der Waals surface area (Å²) < 4.78 is 37.1. The van der Waals surface area contributed by atoms with Gasteiger partial charge in [0.2, 0.25) is 5.88 Å². The van der Waals surface area contributed by atoms with E-state index in [0.717, 1.165) is 23.8 Å². The van der Waals surface area contributed by atoms with E-state index >= 15 is 0 Å². The first-order chi connectivity index (χ1) is 14.3. The van der Waals surface area contributed by atoms with Gasteiger partial charge in [-0.2, -0.15) is 9.61 Å². The molecule has 8 nitrogen and oxygen atoms in total. The van der Waals surface area contributed by atoms with Crippen molar-refractivity contribution >= 4 is 5.65 Å². The molecule has 0 bridgehead atoms. The number of aryl methyl sites for hydroxylation is 1. The minimum absolute atomic E-state index is 0.0322. The molecule has 4 aromatic rings. The molecule has 0 spiro atoms. The third-order valence-corrected chi connectivity index (χ3v) is 4.67. The first-order valence-corrected chi connectivity index (χ1v) is 9.49. The van der Waals surface area contributed by atoms with Crippen LogP contribution in [0.25, 0.3) is 17.0 Å². The molecule has 0 saturated heterocycles. The standard InChI is InChI=1S/C20H21F2N7O/c1-5-28-17(23-11-24-28)10-30-19-14(20(2,3)4)9-16-25-26-18(29(16)27-19)13-8-12(21)6-7-15(13)22/h6-9,11H,5,10H2,1-4H3. The van der Waals surface area contributed by atoms with E-state index in [0.29, 0.717) is 23.9 Å². The maximum absolute atomic E-state index is 14.3. The van der Waals surface area contributed by atoms with Gasteiger partial charge >= 0.3 is 0 Å². The number of fused-ring (bicyclic) bond motifs is 1. The van der Waals surface area contributed by atoms with Crippen molar-refractivity contribution in [2.45, 2.75) is 46.3 Å². The van der Waals surface area contributed by atoms with Crippen LogP contribution in [0.1, 0.15) is 39.1 Å². The molecule has 0 amide bonds. The second kappa shape index (κ2) is 7.43. The van der Waals surface area contributed by atoms with Crippen LogP contribution in [0.15, 0.2) is 30.6 Å². The summed E-state index contributed by atoms with van der Waals surface area (Å²) in [6.45, 7) is 8.83. The third-order valence-electron chi connectivity index (χ3n) is 4.67. The van der Waals surface area contributed by atoms with Gasteiger partial charge in [-0.15, -0.1) is 15.3 Å². The molecule has 1 aromatic carbocycles. The van der Waals surface area contributed by atoms with E-state index in [2.05, 4.69) is 25.4 Å². The molecule has 0 atom stereocenters. The van der Waals surface area contributed by atoms with E-state index in [1.165, 1.54) is 10.8 Å². The first kappa shape index (κ1) is 19.9. The Bertz CT molecular complexity index is 1210. The summed E-state index contributed by atoms with van der Waals surface area (Å²) in [5.74, 6) is -0.127. The van der Waals surface area contributed by atoms with E-state index in [4.69, 9.17) is 4.74 Å². The maximum atomic E-state index is 14.3. The van der Waals surface area contributed by atoms with Crippen LogP contribution in [0.2, 0.25) is 0 Å². The molecule has 0 aliphatic rings. The van der Waals surface area contributed by atoms with Crippen LogP contribution in [-0.4, -0.2) is 34.6 Å². The monoisotopic (exact) mass is 413 g/mol. The predicted octanol–water partition coefficient (Wildman–Crippen LogP) is 3.56. The normalized spacial score (nSPS) is 11.9. The first-order valence-electron chi connectivity index (χ1n) is 9.49. The zero-order valence-corrected chi connectivity index (χ0v) is 17.1. The minimum Gasteiger partial charge on any atom is -0.468 e. The summed E-state index contributed by atoms with van der Waals surface area (Å²) in [7, 11) is 0. The average molecular weight is 413 g/mol. The van der Waals surface area contributed by atoms with Crippen LogP contribution in [0, 0.1) is 11.6 Å². The van der Waals surface area contributed by atoms with Crippen molar-refractivity contribution in [1.82, 2.24) is 34.6 Å². The van der Waals surface area contributed by atoms with Crippen LogP contribution in [0.3, 0.4) is 0 Å². The zero-order chi connectivity index (χ0) is 21.5. The van der Waals surface area contributed by atoms with Gasteiger partial charge in [-0.3, -0.25) is 0 Å². The second-order valence-electron chi connectivity index (χ2n) is 7.81. The van der Waals surface area contributed by atoms with Crippen molar-refractivity contribution in [3.63, 3.8) is 0 Å². The average Bonchev–Trinajstić information content (AvgIpc) is 3.32. The molecule has 30 heavy (non-hydrogen) atoms. The summed E-state index contributed by atoms with van der Waals surface area (Å²) >= 11 is 0. The van der Waals surface area contributed by atoms with Crippen LogP contribution >= 0.6 is 0 Å². The molecule has 0 fully saturated rings. The Hall–Kier alpha value is -3.43. The Morgan fingerprint density at radius 3 is 2.63 bits per heavy atom. The highest BCUT2D eigenvalue weighted by Crippen LogP contribution is 2.32. The Morgan fingerprint density at radius 1 is 1.10 bits per heavy atom. The molecule has 0 N–H and O–H groups in total. The Morgan fingerprint density at radius 2 is 1.90 bits per heavy atom. The molecule has 3 heterocycles. The number of ether oxygens (including phenoxy) is 1. The van der Waals surface area contributed by atoms with Gasteiger partial charge < -0.3 is 4.74 Å². The fraction of sp³-hybridized carbons (Fsp3) is 0.350. The van der Waals surface area contributed by atoms with E-state index in [-0.39, 0.29) is 23.4 Å². The largest absolute Gasteiger partial charge is 0.468 e. The van der Waals surface area contributed by atoms with Gasteiger partial charge in [0.25, 0.3) is 0 Å². The number of benzene rings is 1. The van der Waals surface area contributed by atoms with Gasteiger partial charge in [0, 0.05) is 12.1 Å². The van der Waals surface area contributed by atoms with E-state index < -0.39 is 11.6 Å². The lowest BCUT2D eigenvalue weighted by Crippen LogP contribution is -2.17. The van der Waals surface area contributed by atoms with E-state index in [1.54, 1.807) is 10.7 Å². The molecule has 4 rings (SSSR count). The van der Waals surface area contributed by atoms with Crippen molar-refractivity contribution in [1.29, 1.82) is 0 Å². The Labute approximate surface area is 171 Å². The molecule has 0 radical (unpaired) electrons.